The van der Waals surface area contributed by atoms with Crippen LogP contribution < -0.4 is 5.32 Å². The summed E-state index contributed by atoms with van der Waals surface area (Å²) in [5.41, 5.74) is 0. The number of rotatable bonds is 5. The van der Waals surface area contributed by atoms with Crippen LogP contribution in [0.3, 0.4) is 0 Å². The van der Waals surface area contributed by atoms with Gasteiger partial charge in [0.2, 0.25) is 0 Å². The molecule has 2 bridgehead atoms. The highest BCUT2D eigenvalue weighted by Gasteiger charge is 2.37. The van der Waals surface area contributed by atoms with E-state index in [2.05, 4.69) is 31.1 Å². The predicted molar refractivity (Wildman–Crippen MR) is 69.6 cm³/mol. The van der Waals surface area contributed by atoms with E-state index in [1.807, 2.05) is 0 Å². The van der Waals surface area contributed by atoms with E-state index in [4.69, 9.17) is 0 Å². The van der Waals surface area contributed by atoms with E-state index >= 15 is 0 Å². The molecular weight excluding hydrogens is 196 g/mol. The first-order valence-corrected chi connectivity index (χ1v) is 7.13. The van der Waals surface area contributed by atoms with E-state index in [9.17, 15) is 0 Å². The summed E-state index contributed by atoms with van der Waals surface area (Å²) in [7, 11) is 2.32. The van der Waals surface area contributed by atoms with Crippen LogP contribution in [-0.4, -0.2) is 37.1 Å². The van der Waals surface area contributed by atoms with Gasteiger partial charge in [0.05, 0.1) is 0 Å². The maximum absolute atomic E-state index is 3.67. The molecule has 0 radical (unpaired) electrons. The molecular formula is C14H28N2. The summed E-state index contributed by atoms with van der Waals surface area (Å²) in [5.74, 6) is 1.78. The van der Waals surface area contributed by atoms with E-state index < -0.39 is 0 Å². The zero-order chi connectivity index (χ0) is 11.5. The zero-order valence-electron chi connectivity index (χ0n) is 11.2. The highest BCUT2D eigenvalue weighted by molar-refractivity contribution is 4.93. The molecule has 2 saturated heterocycles. The lowest BCUT2D eigenvalue weighted by atomic mass is 9.91. The largest absolute Gasteiger partial charge is 0.316 e. The molecule has 0 saturated carbocycles. The summed E-state index contributed by atoms with van der Waals surface area (Å²) >= 11 is 0. The maximum Gasteiger partial charge on any atom is 0.00988 e. The standard InChI is InChI=1S/C14H28N2/c1-4-11(2)9-15-10-12-7-13-5-6-14(8-12)16(13)3/h11-15H,4-10H2,1-3H3. The number of fused-ring (bicyclic) bond motifs is 2. The molecule has 2 nitrogen and oxygen atoms in total. The highest BCUT2D eigenvalue weighted by Crippen LogP contribution is 2.36. The van der Waals surface area contributed by atoms with Crippen molar-refractivity contribution < 1.29 is 0 Å². The van der Waals surface area contributed by atoms with Crippen molar-refractivity contribution in [1.82, 2.24) is 10.2 Å². The number of hydrogen-bond donors (Lipinski definition) is 1. The fourth-order valence-corrected chi connectivity index (χ4v) is 3.37. The average molecular weight is 224 g/mol. The van der Waals surface area contributed by atoms with Gasteiger partial charge in [-0.3, -0.25) is 0 Å². The molecule has 0 aromatic rings. The van der Waals surface area contributed by atoms with E-state index in [0.29, 0.717) is 0 Å². The maximum atomic E-state index is 3.67. The van der Waals surface area contributed by atoms with Crippen LogP contribution in [0.1, 0.15) is 46.0 Å². The summed E-state index contributed by atoms with van der Waals surface area (Å²) in [6.45, 7) is 7.08. The van der Waals surface area contributed by atoms with Crippen molar-refractivity contribution in [3.05, 3.63) is 0 Å². The lowest BCUT2D eigenvalue weighted by molar-refractivity contribution is 0.132. The first kappa shape index (κ1) is 12.4. The van der Waals surface area contributed by atoms with Crippen LogP contribution in [0.5, 0.6) is 0 Å². The van der Waals surface area contributed by atoms with Gasteiger partial charge in [0.1, 0.15) is 0 Å². The second kappa shape index (κ2) is 5.50. The first-order chi connectivity index (χ1) is 7.70. The molecule has 16 heavy (non-hydrogen) atoms. The first-order valence-electron chi connectivity index (χ1n) is 7.13. The van der Waals surface area contributed by atoms with Gasteiger partial charge in [0.25, 0.3) is 0 Å². The van der Waals surface area contributed by atoms with E-state index in [0.717, 1.165) is 23.9 Å². The highest BCUT2D eigenvalue weighted by atomic mass is 15.2. The lowest BCUT2D eigenvalue weighted by Gasteiger charge is -2.36. The van der Waals surface area contributed by atoms with Crippen LogP contribution in [0.15, 0.2) is 0 Å². The van der Waals surface area contributed by atoms with Crippen molar-refractivity contribution in [3.8, 4) is 0 Å². The smallest absolute Gasteiger partial charge is 0.00988 e. The van der Waals surface area contributed by atoms with E-state index in [-0.39, 0.29) is 0 Å². The molecule has 3 atom stereocenters. The predicted octanol–water partition coefficient (Wildman–Crippen LogP) is 2.49. The van der Waals surface area contributed by atoms with Gasteiger partial charge in [0, 0.05) is 12.1 Å². The molecule has 3 unspecified atom stereocenters. The van der Waals surface area contributed by atoms with Gasteiger partial charge in [-0.2, -0.15) is 0 Å². The minimum Gasteiger partial charge on any atom is -0.316 e. The van der Waals surface area contributed by atoms with Gasteiger partial charge in [-0.05, 0) is 57.7 Å². The number of nitrogens with one attached hydrogen (secondary N) is 1. The fraction of sp³-hybridized carbons (Fsp3) is 1.00. The molecule has 2 aliphatic rings. The molecule has 2 fully saturated rings. The Balaban J connectivity index is 1.68. The van der Waals surface area contributed by atoms with Crippen LogP contribution >= 0.6 is 0 Å². The Morgan fingerprint density at radius 1 is 1.25 bits per heavy atom. The van der Waals surface area contributed by atoms with Crippen molar-refractivity contribution in [2.24, 2.45) is 11.8 Å². The normalized spacial score (nSPS) is 36.6. The summed E-state index contributed by atoms with van der Waals surface area (Å²) in [4.78, 5) is 2.63. The Morgan fingerprint density at radius 2 is 1.88 bits per heavy atom. The molecule has 2 rings (SSSR count). The van der Waals surface area contributed by atoms with Gasteiger partial charge in [-0.15, -0.1) is 0 Å². The topological polar surface area (TPSA) is 15.3 Å². The summed E-state index contributed by atoms with van der Waals surface area (Å²) in [5, 5.41) is 3.67. The van der Waals surface area contributed by atoms with Gasteiger partial charge in [-0.25, -0.2) is 0 Å². The van der Waals surface area contributed by atoms with Gasteiger partial charge < -0.3 is 10.2 Å². The minimum absolute atomic E-state index is 0.836. The van der Waals surface area contributed by atoms with Crippen molar-refractivity contribution in [3.63, 3.8) is 0 Å². The second-order valence-corrected chi connectivity index (χ2v) is 6.06. The third-order valence-corrected chi connectivity index (χ3v) is 4.82. The van der Waals surface area contributed by atoms with Gasteiger partial charge in [0.15, 0.2) is 0 Å². The van der Waals surface area contributed by atoms with E-state index in [1.165, 1.54) is 45.2 Å². The Kier molecular flexibility index (Phi) is 4.26. The van der Waals surface area contributed by atoms with Crippen LogP contribution in [0, 0.1) is 11.8 Å². The van der Waals surface area contributed by atoms with Crippen LogP contribution in [0.4, 0.5) is 0 Å². The van der Waals surface area contributed by atoms with Crippen LogP contribution in [-0.2, 0) is 0 Å². The number of hydrogen-bond acceptors (Lipinski definition) is 2. The Morgan fingerprint density at radius 3 is 2.44 bits per heavy atom. The van der Waals surface area contributed by atoms with Crippen LogP contribution in [0.2, 0.25) is 0 Å². The summed E-state index contributed by atoms with van der Waals surface area (Å²) < 4.78 is 0. The molecule has 0 aliphatic carbocycles. The molecule has 0 aromatic heterocycles. The Labute approximate surface area is 101 Å². The van der Waals surface area contributed by atoms with Gasteiger partial charge >= 0.3 is 0 Å². The van der Waals surface area contributed by atoms with Crippen LogP contribution in [0.25, 0.3) is 0 Å². The third-order valence-electron chi connectivity index (χ3n) is 4.82. The second-order valence-electron chi connectivity index (χ2n) is 6.06. The van der Waals surface area contributed by atoms with Gasteiger partial charge in [-0.1, -0.05) is 20.3 Å². The Bertz CT molecular complexity index is 203. The molecule has 0 aromatic carbocycles. The number of nitrogens with zero attached hydrogens (tertiary/aromatic N) is 1. The molecule has 0 amide bonds. The lowest BCUT2D eigenvalue weighted by Crippen LogP contribution is -2.42. The SMILES string of the molecule is CCC(C)CNCC1CC2CCC(C1)N2C. The van der Waals surface area contributed by atoms with E-state index in [1.54, 1.807) is 0 Å². The molecule has 1 N–H and O–H groups in total. The average Bonchev–Trinajstić information content (AvgIpc) is 2.53. The van der Waals surface area contributed by atoms with Crippen molar-refractivity contribution in [1.29, 1.82) is 0 Å². The van der Waals surface area contributed by atoms with Crippen molar-refractivity contribution in [2.45, 2.75) is 58.0 Å². The molecule has 94 valence electrons. The minimum atomic E-state index is 0.836. The number of piperidine rings is 1. The quantitative estimate of drug-likeness (QED) is 0.772. The zero-order valence-corrected chi connectivity index (χ0v) is 11.2. The van der Waals surface area contributed by atoms with Crippen molar-refractivity contribution >= 4 is 0 Å². The molecule has 2 heteroatoms. The Hall–Kier alpha value is -0.0800. The molecule has 0 spiro atoms. The molecule has 2 aliphatic heterocycles. The summed E-state index contributed by atoms with van der Waals surface area (Å²) in [6, 6.07) is 1.79. The third kappa shape index (κ3) is 2.78. The molecule has 2 heterocycles. The summed E-state index contributed by atoms with van der Waals surface area (Å²) in [6.07, 6.45) is 7.05. The monoisotopic (exact) mass is 224 g/mol. The fourth-order valence-electron chi connectivity index (χ4n) is 3.37. The van der Waals surface area contributed by atoms with Crippen molar-refractivity contribution in [2.75, 3.05) is 20.1 Å².